The molecule has 1 aliphatic carbocycles. The van der Waals surface area contributed by atoms with Crippen molar-refractivity contribution in [1.82, 2.24) is 5.43 Å². The smallest absolute Gasteiger partial charge is 0.122 e. The average Bonchev–Trinajstić information content (AvgIpc) is 2.54. The van der Waals surface area contributed by atoms with E-state index >= 15 is 0 Å². The lowest BCUT2D eigenvalue weighted by atomic mass is 9.88. The van der Waals surface area contributed by atoms with E-state index in [-0.39, 0.29) is 17.7 Å². The molecule has 0 spiro atoms. The number of nitrogens with two attached hydrogens (primary N) is 1. The number of hydrazone groups is 1. The molecule has 0 aliphatic heterocycles. The number of hydrogen-bond donors (Lipinski definition) is 3. The maximum absolute atomic E-state index is 7.47. The molecule has 0 radical (unpaired) electrons. The summed E-state index contributed by atoms with van der Waals surface area (Å²) in [7, 11) is 0. The van der Waals surface area contributed by atoms with Crippen LogP contribution in [-0.2, 0) is 0 Å². The zero-order valence-corrected chi connectivity index (χ0v) is 15.1. The van der Waals surface area contributed by atoms with Crippen LogP contribution in [0.1, 0.15) is 19.4 Å². The molecule has 0 heterocycles. The SMILES string of the molecule is C/C(=C\N/N=C/C1C=CC(C(=N)N)=CC1C)Sc1ccc(C)cc1. The van der Waals surface area contributed by atoms with Gasteiger partial charge in [-0.05, 0) is 31.9 Å². The van der Waals surface area contributed by atoms with Gasteiger partial charge in [-0.3, -0.25) is 10.8 Å². The second-order valence-electron chi connectivity index (χ2n) is 5.91. The molecule has 0 bridgehead atoms. The van der Waals surface area contributed by atoms with Crippen LogP contribution < -0.4 is 11.2 Å². The fourth-order valence-electron chi connectivity index (χ4n) is 2.28. The third-order valence-corrected chi connectivity index (χ3v) is 4.70. The Kier molecular flexibility index (Phi) is 6.44. The topological polar surface area (TPSA) is 74.3 Å². The summed E-state index contributed by atoms with van der Waals surface area (Å²) in [6, 6.07) is 8.46. The Hall–Kier alpha value is -2.27. The van der Waals surface area contributed by atoms with Gasteiger partial charge in [-0.15, -0.1) is 0 Å². The van der Waals surface area contributed by atoms with Gasteiger partial charge in [-0.2, -0.15) is 5.10 Å². The van der Waals surface area contributed by atoms with Crippen LogP contribution in [0.25, 0.3) is 0 Å². The second kappa shape index (κ2) is 8.55. The number of aryl methyl sites for hydroxylation is 1. The maximum Gasteiger partial charge on any atom is 0.122 e. The van der Waals surface area contributed by atoms with Crippen LogP contribution in [0.15, 0.2) is 69.2 Å². The molecule has 4 nitrogen and oxygen atoms in total. The summed E-state index contributed by atoms with van der Waals surface area (Å²) < 4.78 is 0. The maximum atomic E-state index is 7.47. The normalized spacial score (nSPS) is 21.0. The van der Waals surface area contributed by atoms with Gasteiger partial charge in [0, 0.05) is 33.7 Å². The van der Waals surface area contributed by atoms with E-state index < -0.39 is 0 Å². The predicted molar refractivity (Wildman–Crippen MR) is 104 cm³/mol. The summed E-state index contributed by atoms with van der Waals surface area (Å²) in [6.45, 7) is 6.23. The molecule has 0 amide bonds. The number of nitrogens with one attached hydrogen (secondary N) is 2. The summed E-state index contributed by atoms with van der Waals surface area (Å²) in [5.74, 6) is 0.587. The van der Waals surface area contributed by atoms with Crippen LogP contribution in [0.4, 0.5) is 0 Å². The fourth-order valence-corrected chi connectivity index (χ4v) is 3.04. The number of thioether (sulfide) groups is 1. The zero-order valence-electron chi connectivity index (χ0n) is 14.3. The van der Waals surface area contributed by atoms with Crippen molar-refractivity contribution in [3.63, 3.8) is 0 Å². The molecule has 2 rings (SSSR count). The minimum atomic E-state index is 0.110. The van der Waals surface area contributed by atoms with Gasteiger partial charge in [0.1, 0.15) is 5.84 Å². The van der Waals surface area contributed by atoms with Gasteiger partial charge in [0.2, 0.25) is 0 Å². The molecule has 0 fully saturated rings. The van der Waals surface area contributed by atoms with Gasteiger partial charge >= 0.3 is 0 Å². The molecular formula is C19H24N4S. The molecule has 4 N–H and O–H groups in total. The molecule has 1 aliphatic rings. The number of rotatable bonds is 6. The minimum Gasteiger partial charge on any atom is -0.384 e. The van der Waals surface area contributed by atoms with Gasteiger partial charge in [-0.1, -0.05) is 54.6 Å². The van der Waals surface area contributed by atoms with E-state index in [1.165, 1.54) is 10.5 Å². The van der Waals surface area contributed by atoms with Crippen molar-refractivity contribution in [2.75, 3.05) is 0 Å². The van der Waals surface area contributed by atoms with Crippen molar-refractivity contribution in [1.29, 1.82) is 5.41 Å². The lowest BCUT2D eigenvalue weighted by Crippen LogP contribution is -2.19. The van der Waals surface area contributed by atoms with Gasteiger partial charge in [-0.25, -0.2) is 0 Å². The Bertz CT molecular complexity index is 699. The first-order valence-electron chi connectivity index (χ1n) is 7.90. The molecular weight excluding hydrogens is 316 g/mol. The monoisotopic (exact) mass is 340 g/mol. The molecule has 1 aromatic rings. The van der Waals surface area contributed by atoms with Crippen LogP contribution >= 0.6 is 11.8 Å². The fraction of sp³-hybridized carbons (Fsp3) is 0.263. The molecule has 126 valence electrons. The lowest BCUT2D eigenvalue weighted by Gasteiger charge is -2.18. The van der Waals surface area contributed by atoms with E-state index in [2.05, 4.69) is 55.6 Å². The first-order valence-corrected chi connectivity index (χ1v) is 8.72. The molecule has 5 heteroatoms. The Morgan fingerprint density at radius 3 is 2.67 bits per heavy atom. The summed E-state index contributed by atoms with van der Waals surface area (Å²) in [5, 5.41) is 11.7. The average molecular weight is 340 g/mol. The van der Waals surface area contributed by atoms with Crippen molar-refractivity contribution in [3.8, 4) is 0 Å². The summed E-state index contributed by atoms with van der Waals surface area (Å²) in [5.41, 5.74) is 10.5. The largest absolute Gasteiger partial charge is 0.384 e. The molecule has 2 unspecified atom stereocenters. The van der Waals surface area contributed by atoms with E-state index in [9.17, 15) is 0 Å². The number of allylic oxidation sites excluding steroid dienone is 3. The predicted octanol–water partition coefficient (Wildman–Crippen LogP) is 4.21. The first-order chi connectivity index (χ1) is 11.5. The number of hydrogen-bond acceptors (Lipinski definition) is 4. The second-order valence-corrected chi connectivity index (χ2v) is 7.23. The van der Waals surface area contributed by atoms with Crippen molar-refractivity contribution in [3.05, 3.63) is 64.7 Å². The molecule has 24 heavy (non-hydrogen) atoms. The van der Waals surface area contributed by atoms with Crippen molar-refractivity contribution in [2.45, 2.75) is 25.7 Å². The Morgan fingerprint density at radius 2 is 2.04 bits per heavy atom. The van der Waals surface area contributed by atoms with E-state index in [1.54, 1.807) is 11.8 Å². The zero-order chi connectivity index (χ0) is 17.5. The third-order valence-electron chi connectivity index (χ3n) is 3.75. The first kappa shape index (κ1) is 18.1. The van der Waals surface area contributed by atoms with Crippen LogP contribution in [0.3, 0.4) is 0 Å². The van der Waals surface area contributed by atoms with E-state index in [0.29, 0.717) is 0 Å². The van der Waals surface area contributed by atoms with Gasteiger partial charge in [0.05, 0.1) is 0 Å². The molecule has 0 aromatic heterocycles. The molecule has 2 atom stereocenters. The Labute approximate surface area is 148 Å². The third kappa shape index (κ3) is 5.42. The van der Waals surface area contributed by atoms with Crippen molar-refractivity contribution in [2.24, 2.45) is 22.7 Å². The quantitative estimate of drug-likeness (QED) is 0.314. The highest BCUT2D eigenvalue weighted by molar-refractivity contribution is 8.03. The highest BCUT2D eigenvalue weighted by atomic mass is 32.2. The van der Waals surface area contributed by atoms with Crippen molar-refractivity contribution >= 4 is 23.8 Å². The van der Waals surface area contributed by atoms with Crippen LogP contribution in [0, 0.1) is 24.2 Å². The Balaban J connectivity index is 1.85. The number of amidine groups is 1. The highest BCUT2D eigenvalue weighted by Crippen LogP contribution is 2.25. The van der Waals surface area contributed by atoms with Gasteiger partial charge < -0.3 is 5.73 Å². The van der Waals surface area contributed by atoms with E-state index in [0.717, 1.165) is 10.5 Å². The summed E-state index contributed by atoms with van der Waals surface area (Å²) >= 11 is 1.71. The molecule has 1 aromatic carbocycles. The van der Waals surface area contributed by atoms with Crippen LogP contribution in [0.2, 0.25) is 0 Å². The Morgan fingerprint density at radius 1 is 1.33 bits per heavy atom. The van der Waals surface area contributed by atoms with Gasteiger partial charge in [0.15, 0.2) is 0 Å². The minimum absolute atomic E-state index is 0.110. The summed E-state index contributed by atoms with van der Waals surface area (Å²) in [4.78, 5) is 2.35. The standard InChI is InChI=1S/C19H24N4S/c1-13-4-8-18(9-5-13)24-15(3)11-22-23-12-17-7-6-16(19(20)21)10-14(17)2/h4-12,14,17,22H,1-3H3,(H3,20,21)/b15-11+,23-12+. The summed E-state index contributed by atoms with van der Waals surface area (Å²) in [6.07, 6.45) is 9.70. The van der Waals surface area contributed by atoms with E-state index in [1.807, 2.05) is 30.6 Å². The van der Waals surface area contributed by atoms with Crippen molar-refractivity contribution < 1.29 is 0 Å². The van der Waals surface area contributed by atoms with E-state index in [4.69, 9.17) is 11.1 Å². The van der Waals surface area contributed by atoms with Crippen LogP contribution in [0.5, 0.6) is 0 Å². The lowest BCUT2D eigenvalue weighted by molar-refractivity contribution is 0.639. The molecule has 0 saturated heterocycles. The van der Waals surface area contributed by atoms with Crippen LogP contribution in [-0.4, -0.2) is 12.1 Å². The number of benzene rings is 1. The molecule has 0 saturated carbocycles. The number of nitrogens with zero attached hydrogens (tertiary/aromatic N) is 1. The van der Waals surface area contributed by atoms with Gasteiger partial charge in [0.25, 0.3) is 0 Å². The highest BCUT2D eigenvalue weighted by Gasteiger charge is 2.15.